The van der Waals surface area contributed by atoms with Crippen LogP contribution in [0, 0.1) is 11.3 Å². The zero-order valence-electron chi connectivity index (χ0n) is 6.88. The van der Waals surface area contributed by atoms with E-state index in [0.29, 0.717) is 25.7 Å². The van der Waals surface area contributed by atoms with E-state index in [9.17, 15) is 0 Å². The molecule has 1 aliphatic rings. The van der Waals surface area contributed by atoms with Crippen LogP contribution in [0.15, 0.2) is 10.8 Å². The van der Waals surface area contributed by atoms with E-state index >= 15 is 0 Å². The molecule has 1 saturated heterocycles. The number of morpholine rings is 1. The van der Waals surface area contributed by atoms with Crippen LogP contribution in [0.4, 0.5) is 6.01 Å². The molecule has 2 heterocycles. The maximum atomic E-state index is 8.64. The van der Waals surface area contributed by atoms with Crippen LogP contribution in [0.3, 0.4) is 0 Å². The summed E-state index contributed by atoms with van der Waals surface area (Å²) in [5, 5.41) is 16.0. The fourth-order valence-corrected chi connectivity index (χ4v) is 1.21. The van der Waals surface area contributed by atoms with E-state index in [2.05, 4.69) is 10.2 Å². The van der Waals surface area contributed by atoms with Crippen LogP contribution < -0.4 is 4.90 Å². The molecule has 0 aromatic carbocycles. The fraction of sp³-hybridized carbons (Fsp3) is 0.571. The van der Waals surface area contributed by atoms with Crippen LogP contribution in [0.5, 0.6) is 0 Å². The third kappa shape index (κ3) is 1.60. The number of hydrogen-bond acceptors (Lipinski definition) is 6. The van der Waals surface area contributed by atoms with Crippen molar-refractivity contribution in [1.82, 2.24) is 10.2 Å². The number of rotatable bonds is 1. The number of aromatic nitrogens is 2. The van der Waals surface area contributed by atoms with Gasteiger partial charge < -0.3 is 14.1 Å². The van der Waals surface area contributed by atoms with Crippen LogP contribution in [0.2, 0.25) is 0 Å². The highest BCUT2D eigenvalue weighted by Gasteiger charge is 2.22. The average molecular weight is 180 g/mol. The van der Waals surface area contributed by atoms with Crippen molar-refractivity contribution >= 4 is 6.01 Å². The van der Waals surface area contributed by atoms with E-state index in [-0.39, 0.29) is 0 Å². The van der Waals surface area contributed by atoms with E-state index in [1.54, 1.807) is 0 Å². The van der Waals surface area contributed by atoms with Gasteiger partial charge in [0.15, 0.2) is 6.10 Å². The van der Waals surface area contributed by atoms with Crippen LogP contribution in [-0.4, -0.2) is 36.0 Å². The molecule has 1 atom stereocenters. The highest BCUT2D eigenvalue weighted by molar-refractivity contribution is 5.25. The van der Waals surface area contributed by atoms with E-state index in [0.717, 1.165) is 0 Å². The Hall–Kier alpha value is -1.61. The highest BCUT2D eigenvalue weighted by atomic mass is 16.5. The van der Waals surface area contributed by atoms with Gasteiger partial charge in [-0.25, -0.2) is 0 Å². The normalized spacial score (nSPS) is 22.7. The average Bonchev–Trinajstić information content (AvgIpc) is 2.71. The van der Waals surface area contributed by atoms with E-state index in [1.165, 1.54) is 6.39 Å². The molecule has 0 aliphatic carbocycles. The zero-order chi connectivity index (χ0) is 9.10. The molecular formula is C7H8N4O2. The maximum Gasteiger partial charge on any atom is 0.318 e. The molecule has 6 nitrogen and oxygen atoms in total. The Labute approximate surface area is 74.7 Å². The van der Waals surface area contributed by atoms with Gasteiger partial charge in [-0.05, 0) is 0 Å². The quantitative estimate of drug-likeness (QED) is 0.595. The third-order valence-corrected chi connectivity index (χ3v) is 1.83. The summed E-state index contributed by atoms with van der Waals surface area (Å²) in [7, 11) is 0. The molecule has 1 aliphatic heterocycles. The molecule has 13 heavy (non-hydrogen) atoms. The Kier molecular flexibility index (Phi) is 2.10. The molecule has 0 spiro atoms. The Morgan fingerprint density at radius 3 is 3.31 bits per heavy atom. The molecule has 1 fully saturated rings. The summed E-state index contributed by atoms with van der Waals surface area (Å²) >= 11 is 0. The molecule has 0 bridgehead atoms. The first-order valence-corrected chi connectivity index (χ1v) is 3.92. The minimum Gasteiger partial charge on any atom is -0.411 e. The van der Waals surface area contributed by atoms with Crippen molar-refractivity contribution in [3.63, 3.8) is 0 Å². The number of anilines is 1. The van der Waals surface area contributed by atoms with Gasteiger partial charge in [0.25, 0.3) is 0 Å². The predicted molar refractivity (Wildman–Crippen MR) is 41.9 cm³/mol. The largest absolute Gasteiger partial charge is 0.411 e. The lowest BCUT2D eigenvalue weighted by Crippen LogP contribution is -2.42. The van der Waals surface area contributed by atoms with Gasteiger partial charge in [0, 0.05) is 6.54 Å². The SMILES string of the molecule is N#CC1CN(c2nnco2)CCO1. The van der Waals surface area contributed by atoms with Gasteiger partial charge >= 0.3 is 6.01 Å². The summed E-state index contributed by atoms with van der Waals surface area (Å²) in [5.74, 6) is 0. The summed E-state index contributed by atoms with van der Waals surface area (Å²) in [4.78, 5) is 1.84. The second-order valence-electron chi connectivity index (χ2n) is 2.66. The van der Waals surface area contributed by atoms with Gasteiger partial charge in [0.1, 0.15) is 0 Å². The molecule has 1 aromatic rings. The number of ether oxygens (including phenoxy) is 1. The molecule has 2 rings (SSSR count). The lowest BCUT2D eigenvalue weighted by atomic mass is 10.3. The molecule has 0 saturated carbocycles. The van der Waals surface area contributed by atoms with Gasteiger partial charge in [-0.1, -0.05) is 5.10 Å². The minimum absolute atomic E-state index is 0.402. The second-order valence-corrected chi connectivity index (χ2v) is 2.66. The molecular weight excluding hydrogens is 172 g/mol. The number of nitrogens with zero attached hydrogens (tertiary/aromatic N) is 4. The van der Waals surface area contributed by atoms with Crippen LogP contribution in [-0.2, 0) is 4.74 Å². The van der Waals surface area contributed by atoms with Crippen LogP contribution >= 0.6 is 0 Å². The molecule has 0 N–H and O–H groups in total. The highest BCUT2D eigenvalue weighted by Crippen LogP contribution is 2.13. The first kappa shape index (κ1) is 8.01. The first-order chi connectivity index (χ1) is 6.40. The lowest BCUT2D eigenvalue weighted by Gasteiger charge is -2.27. The second kappa shape index (κ2) is 3.41. The van der Waals surface area contributed by atoms with Gasteiger partial charge in [0.05, 0.1) is 19.2 Å². The van der Waals surface area contributed by atoms with Crippen molar-refractivity contribution in [1.29, 1.82) is 5.26 Å². The first-order valence-electron chi connectivity index (χ1n) is 3.92. The van der Waals surface area contributed by atoms with E-state index in [4.69, 9.17) is 14.4 Å². The van der Waals surface area contributed by atoms with E-state index < -0.39 is 6.10 Å². The standard InChI is InChI=1S/C7H8N4O2/c8-3-6-4-11(1-2-12-6)7-10-9-5-13-7/h5-6H,1-2,4H2. The molecule has 1 aromatic heterocycles. The number of nitriles is 1. The van der Waals surface area contributed by atoms with Gasteiger partial charge in [-0.15, -0.1) is 5.10 Å². The Balaban J connectivity index is 2.05. The van der Waals surface area contributed by atoms with Gasteiger partial charge in [0.2, 0.25) is 6.39 Å². The summed E-state index contributed by atoms with van der Waals surface area (Å²) in [6.45, 7) is 1.68. The minimum atomic E-state index is -0.402. The summed E-state index contributed by atoms with van der Waals surface area (Å²) in [5.41, 5.74) is 0. The topological polar surface area (TPSA) is 75.2 Å². The smallest absolute Gasteiger partial charge is 0.318 e. The lowest BCUT2D eigenvalue weighted by molar-refractivity contribution is 0.0744. The summed E-state index contributed by atoms with van der Waals surface area (Å²) in [6, 6.07) is 2.49. The van der Waals surface area contributed by atoms with Crippen molar-refractivity contribution in [3.05, 3.63) is 6.39 Å². The molecule has 0 radical (unpaired) electrons. The van der Waals surface area contributed by atoms with Crippen LogP contribution in [0.1, 0.15) is 0 Å². The Morgan fingerprint density at radius 1 is 1.69 bits per heavy atom. The Morgan fingerprint density at radius 2 is 2.62 bits per heavy atom. The number of hydrogen-bond donors (Lipinski definition) is 0. The van der Waals surface area contributed by atoms with Crippen molar-refractivity contribution in [2.45, 2.75) is 6.10 Å². The monoisotopic (exact) mass is 180 g/mol. The van der Waals surface area contributed by atoms with Crippen molar-refractivity contribution in [2.24, 2.45) is 0 Å². The summed E-state index contributed by atoms with van der Waals surface area (Å²) in [6.07, 6.45) is 0.868. The Bertz CT molecular complexity index is 305. The maximum absolute atomic E-state index is 8.64. The molecule has 6 heteroatoms. The van der Waals surface area contributed by atoms with E-state index in [1.807, 2.05) is 11.0 Å². The third-order valence-electron chi connectivity index (χ3n) is 1.83. The zero-order valence-corrected chi connectivity index (χ0v) is 6.88. The van der Waals surface area contributed by atoms with Crippen LogP contribution in [0.25, 0.3) is 0 Å². The van der Waals surface area contributed by atoms with Gasteiger partial charge in [-0.3, -0.25) is 0 Å². The summed E-state index contributed by atoms with van der Waals surface area (Å²) < 4.78 is 10.2. The predicted octanol–water partition coefficient (Wildman–Crippen LogP) is -0.202. The molecule has 0 amide bonds. The van der Waals surface area contributed by atoms with Crippen molar-refractivity contribution in [2.75, 3.05) is 24.6 Å². The molecule has 1 unspecified atom stereocenters. The van der Waals surface area contributed by atoms with Crippen molar-refractivity contribution in [3.8, 4) is 6.07 Å². The van der Waals surface area contributed by atoms with Gasteiger partial charge in [-0.2, -0.15) is 5.26 Å². The molecule has 68 valence electrons. The van der Waals surface area contributed by atoms with Crippen molar-refractivity contribution < 1.29 is 9.15 Å². The fourth-order valence-electron chi connectivity index (χ4n) is 1.21.